The van der Waals surface area contributed by atoms with Crippen molar-refractivity contribution in [2.24, 2.45) is 0 Å². The van der Waals surface area contributed by atoms with Crippen molar-refractivity contribution in [3.8, 4) is 17.9 Å². The number of benzene rings is 3. The van der Waals surface area contributed by atoms with Gasteiger partial charge in [-0.2, -0.15) is 10.5 Å². The van der Waals surface area contributed by atoms with Gasteiger partial charge in [-0.25, -0.2) is 0 Å². The maximum atomic E-state index is 13.7. The van der Waals surface area contributed by atoms with E-state index < -0.39 is 5.92 Å². The maximum Gasteiger partial charge on any atom is 0.254 e. The number of hydrogen-bond acceptors (Lipinski definition) is 6. The molecule has 184 valence electrons. The van der Waals surface area contributed by atoms with Gasteiger partial charge in [-0.1, -0.05) is 42.5 Å². The Morgan fingerprint density at radius 1 is 1.05 bits per heavy atom. The average molecular weight is 619 g/mol. The Balaban J connectivity index is 1.72. The van der Waals surface area contributed by atoms with E-state index in [1.165, 1.54) is 11.8 Å². The fourth-order valence-corrected chi connectivity index (χ4v) is 5.86. The number of nitrogens with one attached hydrogen (secondary N) is 2. The number of dihydropyridines is 1. The van der Waals surface area contributed by atoms with Gasteiger partial charge in [-0.15, -0.1) is 11.8 Å². The van der Waals surface area contributed by atoms with Gasteiger partial charge in [0.2, 0.25) is 0 Å². The van der Waals surface area contributed by atoms with Gasteiger partial charge in [-0.3, -0.25) is 4.79 Å². The van der Waals surface area contributed by atoms with E-state index in [2.05, 4.69) is 45.4 Å². The van der Waals surface area contributed by atoms with Crippen LogP contribution in [-0.2, 0) is 10.5 Å². The van der Waals surface area contributed by atoms with Gasteiger partial charge in [-0.05, 0) is 71.0 Å². The number of allylic oxidation sites excluding steroid dienone is 2. The monoisotopic (exact) mass is 618 g/mol. The lowest BCUT2D eigenvalue weighted by atomic mass is 9.82. The quantitative estimate of drug-likeness (QED) is 0.296. The lowest BCUT2D eigenvalue weighted by Crippen LogP contribution is -2.31. The first-order chi connectivity index (χ1) is 18.0. The number of nitrogens with zero attached hydrogens (tertiary/aromatic N) is 2. The summed E-state index contributed by atoms with van der Waals surface area (Å²) in [5, 5.41) is 26.4. The molecule has 1 heterocycles. The van der Waals surface area contributed by atoms with Crippen LogP contribution in [0, 0.1) is 26.2 Å². The number of ether oxygens (including phenoxy) is 1. The van der Waals surface area contributed by atoms with E-state index in [0.29, 0.717) is 44.6 Å². The summed E-state index contributed by atoms with van der Waals surface area (Å²) < 4.78 is 6.37. The van der Waals surface area contributed by atoms with Crippen molar-refractivity contribution in [3.05, 3.63) is 115 Å². The molecule has 0 spiro atoms. The predicted molar refractivity (Wildman–Crippen MR) is 154 cm³/mol. The standard InChI is InChI=1S/C29H23IN4O2S/c1-18-26(28(35)34-24-9-5-6-10-25(24)36-2)27(21-7-3-4-8-23(21)30)22(16-32)29(33-18)37-17-20-13-11-19(15-31)12-14-20/h3-14,27,33H,17H2,1-2H3,(H,34,35). The van der Waals surface area contributed by atoms with E-state index in [9.17, 15) is 10.1 Å². The normalized spacial score (nSPS) is 14.9. The number of thioether (sulfide) groups is 1. The minimum atomic E-state index is -0.544. The van der Waals surface area contributed by atoms with Crippen molar-refractivity contribution in [2.75, 3.05) is 12.4 Å². The molecule has 1 aliphatic heterocycles. The Morgan fingerprint density at radius 3 is 2.43 bits per heavy atom. The molecule has 0 saturated heterocycles. The lowest BCUT2D eigenvalue weighted by Gasteiger charge is -2.30. The highest BCUT2D eigenvalue weighted by Crippen LogP contribution is 2.43. The highest BCUT2D eigenvalue weighted by molar-refractivity contribution is 14.1. The molecule has 0 bridgehead atoms. The second-order valence-corrected chi connectivity index (χ2v) is 10.4. The van der Waals surface area contributed by atoms with E-state index in [1.54, 1.807) is 31.4 Å². The first-order valence-electron chi connectivity index (χ1n) is 11.4. The average Bonchev–Trinajstić information content (AvgIpc) is 2.92. The van der Waals surface area contributed by atoms with Gasteiger partial charge >= 0.3 is 0 Å². The Morgan fingerprint density at radius 2 is 1.76 bits per heavy atom. The third-order valence-corrected chi connectivity index (χ3v) is 8.00. The number of halogens is 1. The summed E-state index contributed by atoms with van der Waals surface area (Å²) in [5.74, 6) is 0.312. The second-order valence-electron chi connectivity index (χ2n) is 8.22. The fourth-order valence-electron chi connectivity index (χ4n) is 4.12. The third kappa shape index (κ3) is 5.82. The molecule has 8 heteroatoms. The van der Waals surface area contributed by atoms with Gasteiger partial charge in [0.05, 0.1) is 47.0 Å². The summed E-state index contributed by atoms with van der Waals surface area (Å²) >= 11 is 3.75. The van der Waals surface area contributed by atoms with Crippen molar-refractivity contribution in [1.29, 1.82) is 10.5 Å². The molecule has 1 aliphatic rings. The van der Waals surface area contributed by atoms with E-state index in [1.807, 2.05) is 55.5 Å². The first kappa shape index (κ1) is 26.3. The van der Waals surface area contributed by atoms with Crippen LogP contribution in [0.15, 0.2) is 94.7 Å². The topological polar surface area (TPSA) is 97.9 Å². The third-order valence-electron chi connectivity index (χ3n) is 5.93. The van der Waals surface area contributed by atoms with E-state index in [-0.39, 0.29) is 5.91 Å². The van der Waals surface area contributed by atoms with Crippen LogP contribution in [0.5, 0.6) is 5.75 Å². The second kappa shape index (κ2) is 12.0. The highest BCUT2D eigenvalue weighted by Gasteiger charge is 2.35. The number of amides is 1. The molecule has 0 saturated carbocycles. The molecule has 0 fully saturated rings. The van der Waals surface area contributed by atoms with Crippen LogP contribution in [0.1, 0.15) is 29.5 Å². The molecule has 3 aromatic carbocycles. The number of rotatable bonds is 7. The van der Waals surface area contributed by atoms with Crippen molar-refractivity contribution in [3.63, 3.8) is 0 Å². The molecule has 0 radical (unpaired) electrons. The van der Waals surface area contributed by atoms with Crippen molar-refractivity contribution >= 4 is 45.9 Å². The molecule has 6 nitrogen and oxygen atoms in total. The van der Waals surface area contributed by atoms with E-state index >= 15 is 0 Å². The Labute approximate surface area is 234 Å². The summed E-state index contributed by atoms with van der Waals surface area (Å²) in [7, 11) is 1.56. The maximum absolute atomic E-state index is 13.7. The van der Waals surface area contributed by atoms with E-state index in [4.69, 9.17) is 10.00 Å². The predicted octanol–water partition coefficient (Wildman–Crippen LogP) is 6.44. The zero-order valence-electron chi connectivity index (χ0n) is 20.2. The van der Waals surface area contributed by atoms with Crippen LogP contribution < -0.4 is 15.4 Å². The Bertz CT molecular complexity index is 1480. The van der Waals surface area contributed by atoms with Gasteiger partial charge in [0.15, 0.2) is 0 Å². The van der Waals surface area contributed by atoms with Crippen molar-refractivity contribution in [2.45, 2.75) is 18.6 Å². The molecule has 0 aromatic heterocycles. The van der Waals surface area contributed by atoms with Crippen molar-refractivity contribution < 1.29 is 9.53 Å². The number of nitriles is 2. The summed E-state index contributed by atoms with van der Waals surface area (Å²) in [5.41, 5.74) is 4.72. The summed E-state index contributed by atoms with van der Waals surface area (Å²) in [6.45, 7) is 1.86. The van der Waals surface area contributed by atoms with Crippen LogP contribution in [0.4, 0.5) is 5.69 Å². The molecular formula is C29H23IN4O2S. The lowest BCUT2D eigenvalue weighted by molar-refractivity contribution is -0.113. The van der Waals surface area contributed by atoms with Crippen LogP contribution in [0.2, 0.25) is 0 Å². The van der Waals surface area contributed by atoms with Crippen LogP contribution in [0.3, 0.4) is 0 Å². The Kier molecular flexibility index (Phi) is 8.54. The molecular weight excluding hydrogens is 595 g/mol. The number of anilines is 1. The molecule has 0 aliphatic carbocycles. The van der Waals surface area contributed by atoms with Crippen molar-refractivity contribution in [1.82, 2.24) is 5.32 Å². The molecule has 37 heavy (non-hydrogen) atoms. The Hall–Kier alpha value is -3.73. The highest BCUT2D eigenvalue weighted by atomic mass is 127. The molecule has 4 rings (SSSR count). The minimum Gasteiger partial charge on any atom is -0.495 e. The van der Waals surface area contributed by atoms with Crippen LogP contribution >= 0.6 is 34.4 Å². The zero-order valence-corrected chi connectivity index (χ0v) is 23.2. The molecule has 2 N–H and O–H groups in total. The van der Waals surface area contributed by atoms with Gasteiger partial charge in [0, 0.05) is 20.6 Å². The summed E-state index contributed by atoms with van der Waals surface area (Å²) in [6.07, 6.45) is 0. The smallest absolute Gasteiger partial charge is 0.254 e. The molecule has 1 unspecified atom stereocenters. The first-order valence-corrected chi connectivity index (χ1v) is 13.5. The zero-order chi connectivity index (χ0) is 26.4. The molecule has 1 atom stereocenters. The van der Waals surface area contributed by atoms with Crippen LogP contribution in [-0.4, -0.2) is 13.0 Å². The van der Waals surface area contributed by atoms with Crippen LogP contribution in [0.25, 0.3) is 0 Å². The molecule has 3 aromatic rings. The number of carbonyl (C=O) groups is 1. The summed E-state index contributed by atoms with van der Waals surface area (Å²) in [6, 6.07) is 26.9. The van der Waals surface area contributed by atoms with Gasteiger partial charge in [0.1, 0.15) is 5.75 Å². The number of carbonyl (C=O) groups excluding carboxylic acids is 1. The minimum absolute atomic E-state index is 0.303. The van der Waals surface area contributed by atoms with E-state index in [0.717, 1.165) is 14.7 Å². The van der Waals surface area contributed by atoms with Gasteiger partial charge in [0.25, 0.3) is 5.91 Å². The fraction of sp³-hybridized carbons (Fsp3) is 0.138. The largest absolute Gasteiger partial charge is 0.495 e. The number of para-hydroxylation sites is 2. The van der Waals surface area contributed by atoms with Gasteiger partial charge < -0.3 is 15.4 Å². The SMILES string of the molecule is COc1ccccc1NC(=O)C1=C(C)NC(SCc2ccc(C#N)cc2)=C(C#N)C1c1ccccc1I. The number of hydrogen-bond donors (Lipinski definition) is 2. The molecule has 1 amide bonds. The summed E-state index contributed by atoms with van der Waals surface area (Å²) in [4.78, 5) is 13.7. The number of methoxy groups -OCH3 is 1.